The van der Waals surface area contributed by atoms with Gasteiger partial charge in [-0.05, 0) is 0 Å². The zero-order valence-corrected chi connectivity index (χ0v) is 8.94. The van der Waals surface area contributed by atoms with Gasteiger partial charge in [-0.25, -0.2) is 0 Å². The van der Waals surface area contributed by atoms with Crippen LogP contribution in [0.2, 0.25) is 0 Å². The molecule has 0 saturated heterocycles. The van der Waals surface area contributed by atoms with E-state index in [1.807, 2.05) is 0 Å². The van der Waals surface area contributed by atoms with Gasteiger partial charge in [0.25, 0.3) is 0 Å². The molecule has 0 atom stereocenters. The number of rotatable bonds is 1. The fourth-order valence-corrected chi connectivity index (χ4v) is 3.40. The predicted molar refractivity (Wildman–Crippen MR) is 53.3 cm³/mol. The molecule has 0 radical (unpaired) electrons. The number of carbonyl (C=O) groups excluding carboxylic acids is 1. The molecule has 13 heavy (non-hydrogen) atoms. The van der Waals surface area contributed by atoms with E-state index in [0.717, 1.165) is 0 Å². The minimum atomic E-state index is -2.65. The topological polar surface area (TPSA) is 55.8 Å². The van der Waals surface area contributed by atoms with Crippen LogP contribution in [-0.4, -0.2) is 16.5 Å². The summed E-state index contributed by atoms with van der Waals surface area (Å²) in [5.74, 6) is 0.207. The number of halogens is 1. The van der Waals surface area contributed by atoms with E-state index in [2.05, 4.69) is 0 Å². The Kier molecular flexibility index (Phi) is 2.12. The number of carbonyl (C=O) groups is 1. The van der Waals surface area contributed by atoms with E-state index < -0.39 is 26.6 Å². The number of hydrogen-bond donors (Lipinski definition) is 1. The van der Waals surface area contributed by atoms with Crippen LogP contribution in [0.4, 0.5) is 0 Å². The summed E-state index contributed by atoms with van der Waals surface area (Å²) in [5, 5.41) is 0. The Morgan fingerprint density at radius 3 is 3.00 bits per heavy atom. The molecule has 0 spiro atoms. The van der Waals surface area contributed by atoms with E-state index in [4.69, 9.17) is 7.80 Å². The zero-order chi connectivity index (χ0) is 9.42. The first-order valence-electron chi connectivity index (χ1n) is 3.52. The number of methoxy groups -OCH3 is 1. The van der Waals surface area contributed by atoms with Gasteiger partial charge in [0.1, 0.15) is 0 Å². The Morgan fingerprint density at radius 2 is 2.31 bits per heavy atom. The minimum absolute atomic E-state index is 0.426. The molecule has 0 unspecified atom stereocenters. The summed E-state index contributed by atoms with van der Waals surface area (Å²) in [6.45, 7) is 0. The van der Waals surface area contributed by atoms with Gasteiger partial charge in [0.05, 0.1) is 0 Å². The molecule has 0 aromatic heterocycles. The van der Waals surface area contributed by atoms with E-state index >= 15 is 0 Å². The van der Waals surface area contributed by atoms with E-state index in [-0.39, 0.29) is 0 Å². The molecule has 0 aliphatic carbocycles. The SMILES string of the molecule is COc1ccc2c(c1)I(O)OC2=O. The van der Waals surface area contributed by atoms with Crippen LogP contribution in [0.15, 0.2) is 18.2 Å². The second-order valence-corrected chi connectivity index (χ2v) is 5.36. The van der Waals surface area contributed by atoms with Crippen molar-refractivity contribution in [3.05, 3.63) is 27.3 Å². The first-order valence-corrected chi connectivity index (χ1v) is 6.45. The van der Waals surface area contributed by atoms with Gasteiger partial charge in [0.15, 0.2) is 0 Å². The molecule has 4 nitrogen and oxygen atoms in total. The molecule has 0 amide bonds. The van der Waals surface area contributed by atoms with Gasteiger partial charge in [-0.3, -0.25) is 0 Å². The summed E-state index contributed by atoms with van der Waals surface area (Å²) in [5.41, 5.74) is 0.466. The summed E-state index contributed by atoms with van der Waals surface area (Å²) >= 11 is -2.65. The molecule has 1 aliphatic rings. The van der Waals surface area contributed by atoms with Crippen molar-refractivity contribution in [1.82, 2.24) is 0 Å². The van der Waals surface area contributed by atoms with Gasteiger partial charge >= 0.3 is 82.8 Å². The molecule has 1 N–H and O–H groups in total. The van der Waals surface area contributed by atoms with Crippen LogP contribution in [-0.2, 0) is 3.07 Å². The maximum absolute atomic E-state index is 11.1. The van der Waals surface area contributed by atoms with Gasteiger partial charge in [-0.2, -0.15) is 0 Å². The average Bonchev–Trinajstić information content (AvgIpc) is 2.42. The molecular weight excluding hydrogens is 287 g/mol. The third kappa shape index (κ3) is 1.37. The van der Waals surface area contributed by atoms with Crippen molar-refractivity contribution >= 4 is 26.6 Å². The predicted octanol–water partition coefficient (Wildman–Crippen LogP) is 1.36. The van der Waals surface area contributed by atoms with E-state index in [1.165, 1.54) is 7.11 Å². The maximum atomic E-state index is 11.1. The summed E-state index contributed by atoms with van der Waals surface area (Å²) in [6.07, 6.45) is 0. The Bertz CT molecular complexity index is 363. The van der Waals surface area contributed by atoms with Gasteiger partial charge in [0.2, 0.25) is 0 Å². The first kappa shape index (κ1) is 8.76. The monoisotopic (exact) mass is 294 g/mol. The second-order valence-electron chi connectivity index (χ2n) is 2.44. The van der Waals surface area contributed by atoms with Crippen LogP contribution in [0, 0.1) is 3.57 Å². The van der Waals surface area contributed by atoms with Crippen LogP contribution in [0.1, 0.15) is 10.4 Å². The van der Waals surface area contributed by atoms with E-state index in [9.17, 15) is 8.23 Å². The van der Waals surface area contributed by atoms with Crippen LogP contribution >= 0.6 is 20.6 Å². The van der Waals surface area contributed by atoms with Gasteiger partial charge < -0.3 is 0 Å². The Morgan fingerprint density at radius 1 is 1.54 bits per heavy atom. The van der Waals surface area contributed by atoms with Crippen molar-refractivity contribution in [2.75, 3.05) is 7.11 Å². The Labute approximate surface area is 83.0 Å². The molecule has 0 saturated carbocycles. The molecular formula is C8H7IO4. The molecule has 2 rings (SSSR count). The van der Waals surface area contributed by atoms with Crippen molar-refractivity contribution in [2.45, 2.75) is 0 Å². The quantitative estimate of drug-likeness (QED) is 0.795. The number of ether oxygens (including phenoxy) is 1. The zero-order valence-electron chi connectivity index (χ0n) is 6.78. The fraction of sp³-hybridized carbons (Fsp3) is 0.125. The molecule has 1 heterocycles. The van der Waals surface area contributed by atoms with Crippen molar-refractivity contribution in [3.63, 3.8) is 0 Å². The van der Waals surface area contributed by atoms with Crippen LogP contribution in [0.25, 0.3) is 0 Å². The molecule has 70 valence electrons. The van der Waals surface area contributed by atoms with Crippen molar-refractivity contribution in [2.24, 2.45) is 0 Å². The number of fused-ring (bicyclic) bond motifs is 1. The molecule has 1 aromatic rings. The van der Waals surface area contributed by atoms with Gasteiger partial charge in [0, 0.05) is 0 Å². The van der Waals surface area contributed by atoms with Gasteiger partial charge in [-0.1, -0.05) is 0 Å². The summed E-state index contributed by atoms with van der Waals surface area (Å²) in [6, 6.07) is 4.95. The third-order valence-electron chi connectivity index (χ3n) is 1.71. The van der Waals surface area contributed by atoms with Crippen LogP contribution < -0.4 is 4.74 Å². The van der Waals surface area contributed by atoms with E-state index in [0.29, 0.717) is 14.9 Å². The van der Waals surface area contributed by atoms with Crippen molar-refractivity contribution < 1.29 is 16.0 Å². The summed E-state index contributed by atoms with van der Waals surface area (Å²) < 4.78 is 19.8. The first-order chi connectivity index (χ1) is 6.22. The van der Waals surface area contributed by atoms with Crippen LogP contribution in [0.5, 0.6) is 5.75 Å². The van der Waals surface area contributed by atoms with Crippen molar-refractivity contribution in [1.29, 1.82) is 0 Å². The molecule has 0 bridgehead atoms. The average molecular weight is 294 g/mol. The molecule has 5 heteroatoms. The van der Waals surface area contributed by atoms with E-state index in [1.54, 1.807) is 18.2 Å². The summed E-state index contributed by atoms with van der Waals surface area (Å²) in [4.78, 5) is 11.1. The second kappa shape index (κ2) is 3.15. The van der Waals surface area contributed by atoms with Gasteiger partial charge in [-0.15, -0.1) is 0 Å². The normalized spacial score (nSPS) is 16.8. The molecule has 1 aliphatic heterocycles. The third-order valence-corrected chi connectivity index (χ3v) is 4.42. The Hall–Kier alpha value is -0.820. The van der Waals surface area contributed by atoms with Crippen LogP contribution in [0.3, 0.4) is 0 Å². The molecule has 1 aromatic carbocycles. The fourth-order valence-electron chi connectivity index (χ4n) is 1.07. The number of benzene rings is 1. The summed E-state index contributed by atoms with van der Waals surface area (Å²) in [7, 11) is 1.54. The Balaban J connectivity index is 2.52. The number of hydrogen-bond acceptors (Lipinski definition) is 4. The standard InChI is InChI=1S/C8H7IO4/c1-12-5-2-3-6-7(4-5)9(11)13-8(6)10/h2-4,11H,1H3. The molecule has 0 fully saturated rings. The van der Waals surface area contributed by atoms with Crippen molar-refractivity contribution in [3.8, 4) is 5.75 Å².